The van der Waals surface area contributed by atoms with Crippen LogP contribution in [0.25, 0.3) is 6.08 Å². The predicted molar refractivity (Wildman–Crippen MR) is 95.5 cm³/mol. The normalized spacial score (nSPS) is 11.5. The molecule has 0 spiro atoms. The van der Waals surface area contributed by atoms with E-state index in [1.165, 1.54) is 31.4 Å². The van der Waals surface area contributed by atoms with Crippen LogP contribution in [-0.4, -0.2) is 21.5 Å². The van der Waals surface area contributed by atoms with Gasteiger partial charge >= 0.3 is 10.1 Å². The number of ether oxygens (including phenoxy) is 1. The Morgan fingerprint density at radius 2 is 1.65 bits per heavy atom. The van der Waals surface area contributed by atoms with E-state index in [2.05, 4.69) is 0 Å². The average Bonchev–Trinajstić information content (AvgIpc) is 2.52. The molecule has 7 heteroatoms. The van der Waals surface area contributed by atoms with Crippen molar-refractivity contribution in [3.63, 3.8) is 0 Å². The summed E-state index contributed by atoms with van der Waals surface area (Å²) in [5, 5.41) is 10.5. The number of hydrogen-bond donors (Lipinski definition) is 0. The molecular formula is C19H19O6S-. The van der Waals surface area contributed by atoms with Gasteiger partial charge in [0.1, 0.15) is 4.90 Å². The van der Waals surface area contributed by atoms with Crippen molar-refractivity contribution < 1.29 is 27.2 Å². The van der Waals surface area contributed by atoms with Gasteiger partial charge in [0.15, 0.2) is 11.5 Å². The molecule has 0 aliphatic carbocycles. The molecule has 0 atom stereocenters. The van der Waals surface area contributed by atoms with E-state index in [9.17, 15) is 18.3 Å². The molecule has 0 saturated carbocycles. The van der Waals surface area contributed by atoms with Crippen molar-refractivity contribution in [1.82, 2.24) is 0 Å². The third-order valence-corrected chi connectivity index (χ3v) is 5.20. The van der Waals surface area contributed by atoms with Gasteiger partial charge < -0.3 is 18.8 Å². The molecule has 0 aromatic heterocycles. The van der Waals surface area contributed by atoms with Gasteiger partial charge in [-0.1, -0.05) is 29.8 Å². The van der Waals surface area contributed by atoms with Crippen LogP contribution in [0.2, 0.25) is 0 Å². The number of aliphatic carboxylic acids is 1. The summed E-state index contributed by atoms with van der Waals surface area (Å²) in [5.41, 5.74) is 2.64. The minimum absolute atomic E-state index is 0.0116. The van der Waals surface area contributed by atoms with Crippen molar-refractivity contribution in [2.75, 3.05) is 7.11 Å². The van der Waals surface area contributed by atoms with E-state index in [4.69, 9.17) is 8.92 Å². The van der Waals surface area contributed by atoms with E-state index in [-0.39, 0.29) is 16.4 Å². The molecule has 0 bridgehead atoms. The Balaban J connectivity index is 2.43. The van der Waals surface area contributed by atoms with Crippen LogP contribution in [0.5, 0.6) is 11.5 Å². The molecule has 2 aromatic rings. The fourth-order valence-electron chi connectivity index (χ4n) is 2.74. The summed E-state index contributed by atoms with van der Waals surface area (Å²) in [6.45, 7) is 5.31. The molecule has 0 unspecified atom stereocenters. The van der Waals surface area contributed by atoms with Gasteiger partial charge in [-0.25, -0.2) is 0 Å². The summed E-state index contributed by atoms with van der Waals surface area (Å²) in [4.78, 5) is 10.6. The number of carboxylic acid groups (broad SMARTS) is 1. The first-order valence-corrected chi connectivity index (χ1v) is 9.14. The highest BCUT2D eigenvalue weighted by atomic mass is 32.2. The summed E-state index contributed by atoms with van der Waals surface area (Å²) in [5.74, 6) is -1.16. The molecule has 0 amide bonds. The molecule has 0 heterocycles. The molecule has 2 aromatic carbocycles. The van der Waals surface area contributed by atoms with Crippen LogP contribution in [0.3, 0.4) is 0 Å². The fourth-order valence-corrected chi connectivity index (χ4v) is 4.11. The maximum absolute atomic E-state index is 12.7. The van der Waals surface area contributed by atoms with E-state index in [1.807, 2.05) is 6.92 Å². The Kier molecular flexibility index (Phi) is 5.72. The zero-order valence-electron chi connectivity index (χ0n) is 14.9. The van der Waals surface area contributed by atoms with Crippen molar-refractivity contribution >= 4 is 22.2 Å². The second-order valence-corrected chi connectivity index (χ2v) is 7.31. The molecular weight excluding hydrogens is 356 g/mol. The van der Waals surface area contributed by atoms with Gasteiger partial charge in [0.25, 0.3) is 0 Å². The number of methoxy groups -OCH3 is 1. The van der Waals surface area contributed by atoms with Crippen LogP contribution in [0.1, 0.15) is 22.3 Å². The van der Waals surface area contributed by atoms with Crippen LogP contribution in [0.4, 0.5) is 0 Å². The Hall–Kier alpha value is -2.80. The minimum atomic E-state index is -4.06. The van der Waals surface area contributed by atoms with Gasteiger partial charge in [0, 0.05) is 0 Å². The van der Waals surface area contributed by atoms with Crippen LogP contribution in [-0.2, 0) is 14.9 Å². The van der Waals surface area contributed by atoms with Crippen LogP contribution in [0, 0.1) is 20.8 Å². The van der Waals surface area contributed by atoms with Gasteiger partial charge in [-0.15, -0.1) is 0 Å². The number of hydrogen-bond acceptors (Lipinski definition) is 6. The second kappa shape index (κ2) is 7.61. The van der Waals surface area contributed by atoms with Crippen molar-refractivity contribution in [1.29, 1.82) is 0 Å². The molecule has 6 nitrogen and oxygen atoms in total. The summed E-state index contributed by atoms with van der Waals surface area (Å²) < 4.78 is 35.9. The Bertz CT molecular complexity index is 951. The molecule has 0 aliphatic heterocycles. The molecule has 0 saturated heterocycles. The quantitative estimate of drug-likeness (QED) is 0.567. The number of rotatable bonds is 6. The fraction of sp³-hybridized carbons (Fsp3) is 0.211. The molecule has 138 valence electrons. The molecule has 0 radical (unpaired) electrons. The Labute approximate surface area is 152 Å². The van der Waals surface area contributed by atoms with E-state index in [1.54, 1.807) is 26.0 Å². The number of carboxylic acids is 1. The maximum atomic E-state index is 12.7. The summed E-state index contributed by atoms with van der Waals surface area (Å²) >= 11 is 0. The van der Waals surface area contributed by atoms with Gasteiger partial charge in [0.2, 0.25) is 0 Å². The third-order valence-electron chi connectivity index (χ3n) is 3.65. The highest BCUT2D eigenvalue weighted by molar-refractivity contribution is 7.87. The number of carbonyl (C=O) groups is 1. The first-order valence-electron chi connectivity index (χ1n) is 7.73. The van der Waals surface area contributed by atoms with Gasteiger partial charge in [0.05, 0.1) is 13.1 Å². The van der Waals surface area contributed by atoms with E-state index < -0.39 is 16.1 Å². The van der Waals surface area contributed by atoms with Crippen molar-refractivity contribution in [3.05, 3.63) is 58.7 Å². The van der Waals surface area contributed by atoms with Gasteiger partial charge in [-0.2, -0.15) is 8.42 Å². The molecule has 0 aliphatic rings. The number of aryl methyl sites for hydroxylation is 3. The standard InChI is InChI=1S/C19H20O6S/c1-12-9-13(2)19(14(3)10-12)26(22,23)25-16-7-5-15(6-8-18(20)21)11-17(16)24-4/h5-11H,1-4H3,(H,20,21)/p-1/b8-6+. The van der Waals surface area contributed by atoms with E-state index in [0.717, 1.165) is 11.6 Å². The first kappa shape index (κ1) is 19.5. The number of benzene rings is 2. The van der Waals surface area contributed by atoms with Crippen molar-refractivity contribution in [2.45, 2.75) is 25.7 Å². The lowest BCUT2D eigenvalue weighted by Crippen LogP contribution is -2.18. The Morgan fingerprint density at radius 1 is 1.04 bits per heavy atom. The lowest BCUT2D eigenvalue weighted by Gasteiger charge is -2.15. The van der Waals surface area contributed by atoms with Gasteiger partial charge in [-0.05, 0) is 55.7 Å². The second-order valence-electron chi connectivity index (χ2n) is 5.83. The summed E-state index contributed by atoms with van der Waals surface area (Å²) in [6.07, 6.45) is 2.18. The molecule has 2 rings (SSSR count). The lowest BCUT2D eigenvalue weighted by atomic mass is 10.1. The smallest absolute Gasteiger partial charge is 0.339 e. The monoisotopic (exact) mass is 375 g/mol. The topological polar surface area (TPSA) is 92.7 Å². The van der Waals surface area contributed by atoms with Crippen molar-refractivity contribution in [2.24, 2.45) is 0 Å². The maximum Gasteiger partial charge on any atom is 0.339 e. The molecule has 0 fully saturated rings. The van der Waals surface area contributed by atoms with Crippen molar-refractivity contribution in [3.8, 4) is 11.5 Å². The molecule has 26 heavy (non-hydrogen) atoms. The number of carbonyl (C=O) groups excluding carboxylic acids is 1. The zero-order valence-corrected chi connectivity index (χ0v) is 15.7. The Morgan fingerprint density at radius 3 is 2.19 bits per heavy atom. The summed E-state index contributed by atoms with van der Waals surface area (Å²) in [6, 6.07) is 7.94. The lowest BCUT2D eigenvalue weighted by molar-refractivity contribution is -0.297. The largest absolute Gasteiger partial charge is 0.545 e. The van der Waals surface area contributed by atoms with Crippen LogP contribution in [0.15, 0.2) is 41.3 Å². The zero-order chi connectivity index (χ0) is 19.5. The summed E-state index contributed by atoms with van der Waals surface area (Å²) in [7, 11) is -2.70. The first-order chi connectivity index (χ1) is 12.1. The highest BCUT2D eigenvalue weighted by Gasteiger charge is 2.23. The van der Waals surface area contributed by atoms with Gasteiger partial charge in [-0.3, -0.25) is 0 Å². The highest BCUT2D eigenvalue weighted by Crippen LogP contribution is 2.32. The third kappa shape index (κ3) is 4.43. The molecule has 0 N–H and O–H groups in total. The van der Waals surface area contributed by atoms with Crippen LogP contribution < -0.4 is 14.0 Å². The predicted octanol–water partition coefficient (Wildman–Crippen LogP) is 2.15. The average molecular weight is 375 g/mol. The van der Waals surface area contributed by atoms with Crippen LogP contribution >= 0.6 is 0 Å². The van der Waals surface area contributed by atoms with E-state index >= 15 is 0 Å². The van der Waals surface area contributed by atoms with E-state index in [0.29, 0.717) is 16.7 Å². The SMILES string of the molecule is COc1cc(/C=C/C(=O)[O-])ccc1OS(=O)(=O)c1c(C)cc(C)cc1C. The minimum Gasteiger partial charge on any atom is -0.545 e.